The highest BCUT2D eigenvalue weighted by Crippen LogP contribution is 2.02. The van der Waals surface area contributed by atoms with Crippen LogP contribution >= 0.6 is 0 Å². The van der Waals surface area contributed by atoms with Gasteiger partial charge < -0.3 is 5.11 Å². The quantitative estimate of drug-likeness (QED) is 0.729. The molecule has 1 N–H and O–H groups in total. The fourth-order valence-corrected chi connectivity index (χ4v) is 1.19. The van der Waals surface area contributed by atoms with Gasteiger partial charge >= 0.3 is 0 Å². The number of hydrogen-bond donors (Lipinski definition) is 1. The van der Waals surface area contributed by atoms with E-state index in [0.29, 0.717) is 0 Å². The topological polar surface area (TPSA) is 54.2 Å². The van der Waals surface area contributed by atoms with Crippen molar-refractivity contribution < 1.29 is 5.11 Å². The van der Waals surface area contributed by atoms with E-state index < -0.39 is 0 Å². The van der Waals surface area contributed by atoms with Gasteiger partial charge in [0.05, 0.1) is 13.2 Å². The van der Waals surface area contributed by atoms with E-state index in [9.17, 15) is 0 Å². The molecule has 1 atom stereocenters. The summed E-state index contributed by atoms with van der Waals surface area (Å²) in [5.41, 5.74) is 0. The summed E-state index contributed by atoms with van der Waals surface area (Å²) in [5, 5.41) is 13.1. The van der Waals surface area contributed by atoms with Crippen LogP contribution in [-0.4, -0.2) is 44.5 Å². The van der Waals surface area contributed by atoms with Crippen LogP contribution < -0.4 is 0 Å². The fraction of sp³-hybridized carbons (Fsp3) is 0.778. The molecule has 0 aromatic carbocycles. The Kier molecular flexibility index (Phi) is 4.03. The highest BCUT2D eigenvalue weighted by atomic mass is 16.3. The lowest BCUT2D eigenvalue weighted by molar-refractivity contribution is 0.150. The number of likely N-dealkylation sites (N-methyl/N-ethyl adjacent to an activating group) is 1. The van der Waals surface area contributed by atoms with Gasteiger partial charge in [-0.1, -0.05) is 0 Å². The average molecular weight is 198 g/mol. The minimum atomic E-state index is 0.150. The Morgan fingerprint density at radius 2 is 2.36 bits per heavy atom. The maximum absolute atomic E-state index is 8.98. The normalized spacial score (nSPS) is 13.5. The van der Waals surface area contributed by atoms with E-state index in [1.54, 1.807) is 6.33 Å². The van der Waals surface area contributed by atoms with E-state index in [4.69, 9.17) is 5.11 Å². The van der Waals surface area contributed by atoms with Crippen molar-refractivity contribution in [2.45, 2.75) is 33.0 Å². The Hall–Kier alpha value is -0.940. The maximum Gasteiger partial charge on any atom is 0.140 e. The molecule has 1 unspecified atom stereocenters. The van der Waals surface area contributed by atoms with E-state index in [1.165, 1.54) is 0 Å². The van der Waals surface area contributed by atoms with Crippen molar-refractivity contribution in [3.63, 3.8) is 0 Å². The predicted molar refractivity (Wildman–Crippen MR) is 53.7 cm³/mol. The van der Waals surface area contributed by atoms with Crippen LogP contribution in [0.3, 0.4) is 0 Å². The van der Waals surface area contributed by atoms with Crippen LogP contribution in [0.25, 0.3) is 0 Å². The van der Waals surface area contributed by atoms with Crippen LogP contribution in [0, 0.1) is 0 Å². The molecule has 1 aromatic heterocycles. The smallest absolute Gasteiger partial charge is 0.140 e. The molecule has 0 aliphatic carbocycles. The van der Waals surface area contributed by atoms with Crippen LogP contribution in [0.5, 0.6) is 0 Å². The van der Waals surface area contributed by atoms with Crippen molar-refractivity contribution in [3.8, 4) is 0 Å². The molecule has 0 saturated heterocycles. The number of aryl methyl sites for hydroxylation is 1. The van der Waals surface area contributed by atoms with Gasteiger partial charge in [0.25, 0.3) is 0 Å². The summed E-state index contributed by atoms with van der Waals surface area (Å²) >= 11 is 0. The first kappa shape index (κ1) is 11.1. The maximum atomic E-state index is 8.98. The zero-order valence-electron chi connectivity index (χ0n) is 9.01. The molecule has 0 amide bonds. The SMILES string of the molecule is CCn1ncnc1CN(C)C(C)CO. The molecular weight excluding hydrogens is 180 g/mol. The first-order valence-corrected chi connectivity index (χ1v) is 4.86. The summed E-state index contributed by atoms with van der Waals surface area (Å²) in [4.78, 5) is 6.22. The molecule has 14 heavy (non-hydrogen) atoms. The lowest BCUT2D eigenvalue weighted by Crippen LogP contribution is -2.32. The zero-order chi connectivity index (χ0) is 10.6. The van der Waals surface area contributed by atoms with E-state index >= 15 is 0 Å². The van der Waals surface area contributed by atoms with Crippen LogP contribution in [0.1, 0.15) is 19.7 Å². The molecular formula is C9H18N4O. The van der Waals surface area contributed by atoms with Crippen LogP contribution in [-0.2, 0) is 13.1 Å². The minimum Gasteiger partial charge on any atom is -0.395 e. The van der Waals surface area contributed by atoms with Crippen molar-refractivity contribution in [3.05, 3.63) is 12.2 Å². The molecule has 1 rings (SSSR count). The van der Waals surface area contributed by atoms with Gasteiger partial charge in [-0.25, -0.2) is 9.67 Å². The molecule has 0 radical (unpaired) electrons. The van der Waals surface area contributed by atoms with Crippen LogP contribution in [0.4, 0.5) is 0 Å². The van der Waals surface area contributed by atoms with Crippen molar-refractivity contribution in [2.24, 2.45) is 0 Å². The average Bonchev–Trinajstić information content (AvgIpc) is 2.63. The highest BCUT2D eigenvalue weighted by molar-refractivity contribution is 4.84. The molecule has 0 saturated carbocycles. The standard InChI is InChI=1S/C9H18N4O/c1-4-13-9(10-7-11-13)5-12(3)8(2)6-14/h7-8,14H,4-6H2,1-3H3. The molecule has 5 nitrogen and oxygen atoms in total. The van der Waals surface area contributed by atoms with E-state index in [2.05, 4.69) is 15.0 Å². The second-order valence-corrected chi connectivity index (χ2v) is 3.44. The van der Waals surface area contributed by atoms with Crippen molar-refractivity contribution in [1.82, 2.24) is 19.7 Å². The zero-order valence-corrected chi connectivity index (χ0v) is 9.01. The third kappa shape index (κ3) is 2.52. The van der Waals surface area contributed by atoms with Gasteiger partial charge in [-0.2, -0.15) is 5.10 Å². The van der Waals surface area contributed by atoms with Gasteiger partial charge in [0.2, 0.25) is 0 Å². The third-order valence-corrected chi connectivity index (χ3v) is 2.40. The minimum absolute atomic E-state index is 0.150. The van der Waals surface area contributed by atoms with Gasteiger partial charge in [-0.15, -0.1) is 0 Å². The van der Waals surface area contributed by atoms with Crippen LogP contribution in [0.2, 0.25) is 0 Å². The second kappa shape index (κ2) is 5.07. The molecule has 80 valence electrons. The Balaban J connectivity index is 2.59. The summed E-state index contributed by atoms with van der Waals surface area (Å²) < 4.78 is 1.86. The molecule has 0 spiro atoms. The lowest BCUT2D eigenvalue weighted by atomic mass is 10.3. The largest absolute Gasteiger partial charge is 0.395 e. The summed E-state index contributed by atoms with van der Waals surface area (Å²) in [6.45, 7) is 5.73. The fourth-order valence-electron chi connectivity index (χ4n) is 1.19. The number of rotatable bonds is 5. The summed E-state index contributed by atoms with van der Waals surface area (Å²) in [6, 6.07) is 0.150. The van der Waals surface area contributed by atoms with Crippen LogP contribution in [0.15, 0.2) is 6.33 Å². The Bertz CT molecular complexity index is 274. The van der Waals surface area contributed by atoms with Gasteiger partial charge in [-0.05, 0) is 20.9 Å². The highest BCUT2D eigenvalue weighted by Gasteiger charge is 2.11. The van der Waals surface area contributed by atoms with Gasteiger partial charge in [0, 0.05) is 12.6 Å². The molecule has 0 fully saturated rings. The third-order valence-electron chi connectivity index (χ3n) is 2.40. The molecule has 5 heteroatoms. The van der Waals surface area contributed by atoms with Gasteiger partial charge in [-0.3, -0.25) is 4.90 Å². The number of nitrogens with zero attached hydrogens (tertiary/aromatic N) is 4. The molecule has 0 bridgehead atoms. The van der Waals surface area contributed by atoms with Gasteiger partial charge in [0.1, 0.15) is 12.2 Å². The number of hydrogen-bond acceptors (Lipinski definition) is 4. The lowest BCUT2D eigenvalue weighted by Gasteiger charge is -2.22. The molecule has 0 aliphatic heterocycles. The first-order chi connectivity index (χ1) is 6.69. The summed E-state index contributed by atoms with van der Waals surface area (Å²) in [6.07, 6.45) is 1.57. The Labute approximate surface area is 84.4 Å². The second-order valence-electron chi connectivity index (χ2n) is 3.44. The predicted octanol–water partition coefficient (Wildman–Crippen LogP) is 0.111. The molecule has 0 aliphatic rings. The number of aliphatic hydroxyl groups is 1. The van der Waals surface area contributed by atoms with Crippen molar-refractivity contribution in [1.29, 1.82) is 0 Å². The summed E-state index contributed by atoms with van der Waals surface area (Å²) in [7, 11) is 1.97. The first-order valence-electron chi connectivity index (χ1n) is 4.86. The van der Waals surface area contributed by atoms with E-state index in [0.717, 1.165) is 18.9 Å². The number of aliphatic hydroxyl groups excluding tert-OH is 1. The van der Waals surface area contributed by atoms with Crippen molar-refractivity contribution >= 4 is 0 Å². The molecule has 1 heterocycles. The summed E-state index contributed by atoms with van der Waals surface area (Å²) in [5.74, 6) is 0.940. The monoisotopic (exact) mass is 198 g/mol. The number of aromatic nitrogens is 3. The Morgan fingerprint density at radius 1 is 1.64 bits per heavy atom. The van der Waals surface area contributed by atoms with E-state index in [-0.39, 0.29) is 12.6 Å². The van der Waals surface area contributed by atoms with Crippen molar-refractivity contribution in [2.75, 3.05) is 13.7 Å². The van der Waals surface area contributed by atoms with Gasteiger partial charge in [0.15, 0.2) is 0 Å². The molecule has 1 aromatic rings. The van der Waals surface area contributed by atoms with E-state index in [1.807, 2.05) is 25.6 Å². The Morgan fingerprint density at radius 3 is 2.93 bits per heavy atom.